The van der Waals surface area contributed by atoms with Crippen molar-refractivity contribution < 1.29 is 9.53 Å². The molecule has 1 heterocycles. The Hall–Kier alpha value is -2.40. The molecular weight excluding hydrogens is 334 g/mol. The molecule has 0 aliphatic heterocycles. The zero-order chi connectivity index (χ0) is 17.8. The molecule has 0 N–H and O–H groups in total. The van der Waals surface area contributed by atoms with Gasteiger partial charge < -0.3 is 4.74 Å². The average Bonchev–Trinajstić information content (AvgIpc) is 2.96. The van der Waals surface area contributed by atoms with Crippen molar-refractivity contribution in [1.82, 2.24) is 4.57 Å². The van der Waals surface area contributed by atoms with Crippen LogP contribution in [0.25, 0.3) is 10.2 Å². The standard InChI is InChI=1S/C20H21NO3S/c1-3-14(2)15-8-10-16(11-9-15)19(22)24-13-12-21-17-6-4-5-7-18(17)25-20(21)23/h4-11,14H,3,12-13H2,1-2H3. The molecule has 0 aliphatic rings. The molecule has 4 nitrogen and oxygen atoms in total. The summed E-state index contributed by atoms with van der Waals surface area (Å²) in [4.78, 5) is 24.2. The smallest absolute Gasteiger partial charge is 0.338 e. The van der Waals surface area contributed by atoms with Crippen LogP contribution in [0.2, 0.25) is 0 Å². The molecule has 1 unspecified atom stereocenters. The number of rotatable bonds is 6. The van der Waals surface area contributed by atoms with Crippen LogP contribution in [0.15, 0.2) is 53.3 Å². The van der Waals surface area contributed by atoms with E-state index in [1.165, 1.54) is 16.9 Å². The fourth-order valence-corrected chi connectivity index (χ4v) is 3.64. The topological polar surface area (TPSA) is 48.3 Å². The van der Waals surface area contributed by atoms with E-state index in [1.54, 1.807) is 16.7 Å². The lowest BCUT2D eigenvalue weighted by atomic mass is 9.98. The predicted molar refractivity (Wildman–Crippen MR) is 102 cm³/mol. The minimum Gasteiger partial charge on any atom is -0.460 e. The lowest BCUT2D eigenvalue weighted by Crippen LogP contribution is -2.18. The minimum absolute atomic E-state index is 0.0323. The third kappa shape index (κ3) is 3.82. The Morgan fingerprint density at radius 3 is 2.60 bits per heavy atom. The van der Waals surface area contributed by atoms with Gasteiger partial charge in [0, 0.05) is 0 Å². The van der Waals surface area contributed by atoms with Gasteiger partial charge in [-0.2, -0.15) is 0 Å². The van der Waals surface area contributed by atoms with Crippen molar-refractivity contribution in [3.05, 3.63) is 69.3 Å². The summed E-state index contributed by atoms with van der Waals surface area (Å²) in [5, 5.41) is 0. The molecule has 0 spiro atoms. The van der Waals surface area contributed by atoms with Crippen LogP contribution in [0.4, 0.5) is 0 Å². The van der Waals surface area contributed by atoms with Crippen molar-refractivity contribution in [3.8, 4) is 0 Å². The molecule has 0 aliphatic carbocycles. The van der Waals surface area contributed by atoms with Crippen molar-refractivity contribution in [2.75, 3.05) is 6.61 Å². The monoisotopic (exact) mass is 355 g/mol. The second-order valence-corrected chi connectivity index (χ2v) is 7.05. The predicted octanol–water partition coefficient (Wildman–Crippen LogP) is 4.43. The highest BCUT2D eigenvalue weighted by Gasteiger charge is 2.11. The second-order valence-electron chi connectivity index (χ2n) is 6.05. The number of hydrogen-bond acceptors (Lipinski definition) is 4. The molecule has 3 rings (SSSR count). The molecule has 130 valence electrons. The number of fused-ring (bicyclic) bond motifs is 1. The summed E-state index contributed by atoms with van der Waals surface area (Å²) in [5.41, 5.74) is 2.64. The van der Waals surface area contributed by atoms with Gasteiger partial charge in [0.25, 0.3) is 0 Å². The van der Waals surface area contributed by atoms with Crippen LogP contribution in [0, 0.1) is 0 Å². The van der Waals surface area contributed by atoms with Gasteiger partial charge in [-0.25, -0.2) is 4.79 Å². The number of benzene rings is 2. The molecule has 0 fully saturated rings. The number of nitrogens with zero attached hydrogens (tertiary/aromatic N) is 1. The highest BCUT2D eigenvalue weighted by molar-refractivity contribution is 7.16. The number of hydrogen-bond donors (Lipinski definition) is 0. The molecule has 2 aromatic carbocycles. The molecule has 0 bridgehead atoms. The summed E-state index contributed by atoms with van der Waals surface area (Å²) >= 11 is 1.21. The molecule has 3 aromatic rings. The summed E-state index contributed by atoms with van der Waals surface area (Å²) in [5.74, 6) is 0.118. The molecule has 0 amide bonds. The highest BCUT2D eigenvalue weighted by Crippen LogP contribution is 2.19. The van der Waals surface area contributed by atoms with Crippen LogP contribution < -0.4 is 4.87 Å². The largest absolute Gasteiger partial charge is 0.460 e. The summed E-state index contributed by atoms with van der Waals surface area (Å²) in [6, 6.07) is 15.2. The van der Waals surface area contributed by atoms with Crippen molar-refractivity contribution >= 4 is 27.5 Å². The molecular formula is C20H21NO3S. The van der Waals surface area contributed by atoms with Gasteiger partial charge in [0.1, 0.15) is 6.61 Å². The minimum atomic E-state index is -0.358. The number of carbonyl (C=O) groups excluding carboxylic acids is 1. The summed E-state index contributed by atoms with van der Waals surface area (Å²) in [6.45, 7) is 4.84. The van der Waals surface area contributed by atoms with E-state index in [-0.39, 0.29) is 17.4 Å². The van der Waals surface area contributed by atoms with Crippen molar-refractivity contribution in [1.29, 1.82) is 0 Å². The SMILES string of the molecule is CCC(C)c1ccc(C(=O)OCCn2c(=O)sc3ccccc32)cc1. The van der Waals surface area contributed by atoms with Gasteiger partial charge in [-0.1, -0.05) is 49.4 Å². The number of aromatic nitrogens is 1. The second kappa shape index (κ2) is 7.66. The van der Waals surface area contributed by atoms with E-state index in [2.05, 4.69) is 13.8 Å². The van der Waals surface area contributed by atoms with Crippen LogP contribution >= 0.6 is 11.3 Å². The Balaban J connectivity index is 1.62. The van der Waals surface area contributed by atoms with Gasteiger partial charge in [-0.05, 0) is 42.2 Å². The Morgan fingerprint density at radius 2 is 1.88 bits per heavy atom. The maximum absolute atomic E-state index is 12.2. The number of ether oxygens (including phenoxy) is 1. The first-order valence-electron chi connectivity index (χ1n) is 8.45. The number of thiazole rings is 1. The molecule has 0 saturated carbocycles. The van der Waals surface area contributed by atoms with E-state index in [1.807, 2.05) is 36.4 Å². The lowest BCUT2D eigenvalue weighted by molar-refractivity contribution is 0.0492. The summed E-state index contributed by atoms with van der Waals surface area (Å²) < 4.78 is 7.93. The zero-order valence-electron chi connectivity index (χ0n) is 14.4. The first kappa shape index (κ1) is 17.4. The van der Waals surface area contributed by atoms with Crippen molar-refractivity contribution in [2.45, 2.75) is 32.7 Å². The Labute approximate surface area is 150 Å². The molecule has 0 radical (unpaired) electrons. The third-order valence-corrected chi connectivity index (χ3v) is 5.41. The van der Waals surface area contributed by atoms with Crippen LogP contribution in [-0.2, 0) is 11.3 Å². The highest BCUT2D eigenvalue weighted by atomic mass is 32.1. The molecule has 5 heteroatoms. The van der Waals surface area contributed by atoms with Crippen LogP contribution in [0.3, 0.4) is 0 Å². The quantitative estimate of drug-likeness (QED) is 0.615. The normalized spacial score (nSPS) is 12.2. The summed E-state index contributed by atoms with van der Waals surface area (Å²) in [6.07, 6.45) is 1.06. The molecule has 0 saturated heterocycles. The Bertz CT molecular complexity index is 924. The average molecular weight is 355 g/mol. The van der Waals surface area contributed by atoms with Crippen LogP contribution in [0.5, 0.6) is 0 Å². The van der Waals surface area contributed by atoms with E-state index in [9.17, 15) is 9.59 Å². The van der Waals surface area contributed by atoms with Crippen LogP contribution in [-0.4, -0.2) is 17.1 Å². The van der Waals surface area contributed by atoms with E-state index >= 15 is 0 Å². The van der Waals surface area contributed by atoms with Crippen molar-refractivity contribution in [2.24, 2.45) is 0 Å². The zero-order valence-corrected chi connectivity index (χ0v) is 15.2. The molecule has 1 atom stereocenters. The van der Waals surface area contributed by atoms with Gasteiger partial charge in [0.15, 0.2) is 0 Å². The van der Waals surface area contributed by atoms with Gasteiger partial charge in [0.2, 0.25) is 0 Å². The maximum Gasteiger partial charge on any atom is 0.338 e. The maximum atomic E-state index is 12.2. The fourth-order valence-electron chi connectivity index (χ4n) is 2.72. The molecule has 25 heavy (non-hydrogen) atoms. The third-order valence-electron chi connectivity index (χ3n) is 4.45. The first-order chi connectivity index (χ1) is 12.1. The number of carbonyl (C=O) groups is 1. The molecule has 1 aromatic heterocycles. The Kier molecular flexibility index (Phi) is 5.34. The fraction of sp³-hybridized carbons (Fsp3) is 0.300. The van der Waals surface area contributed by atoms with Gasteiger partial charge >= 0.3 is 10.8 Å². The van der Waals surface area contributed by atoms with E-state index < -0.39 is 0 Å². The lowest BCUT2D eigenvalue weighted by Gasteiger charge is -2.10. The number of para-hydroxylation sites is 1. The van der Waals surface area contributed by atoms with E-state index in [4.69, 9.17) is 4.74 Å². The summed E-state index contributed by atoms with van der Waals surface area (Å²) in [7, 11) is 0. The van der Waals surface area contributed by atoms with E-state index in [0.29, 0.717) is 18.0 Å². The number of esters is 1. The van der Waals surface area contributed by atoms with Crippen LogP contribution in [0.1, 0.15) is 42.1 Å². The van der Waals surface area contributed by atoms with Gasteiger partial charge in [-0.15, -0.1) is 0 Å². The Morgan fingerprint density at radius 1 is 1.16 bits per heavy atom. The first-order valence-corrected chi connectivity index (χ1v) is 9.27. The van der Waals surface area contributed by atoms with Crippen molar-refractivity contribution in [3.63, 3.8) is 0 Å². The van der Waals surface area contributed by atoms with Gasteiger partial charge in [0.05, 0.1) is 22.3 Å². The van der Waals surface area contributed by atoms with Gasteiger partial charge in [-0.3, -0.25) is 9.36 Å². The van der Waals surface area contributed by atoms with E-state index in [0.717, 1.165) is 16.6 Å².